The minimum Gasteiger partial charge on any atom is -0.497 e. The smallest absolute Gasteiger partial charge is 0.329 e. The molecule has 4 rings (SSSR count). The van der Waals surface area contributed by atoms with Crippen molar-refractivity contribution in [1.82, 2.24) is 15.2 Å². The van der Waals surface area contributed by atoms with Gasteiger partial charge in [0.05, 0.1) is 32.8 Å². The number of aromatic nitrogens is 1. The van der Waals surface area contributed by atoms with E-state index >= 15 is 0 Å². The maximum absolute atomic E-state index is 13.7. The number of benzene rings is 1. The highest BCUT2D eigenvalue weighted by Gasteiger charge is 2.39. The van der Waals surface area contributed by atoms with Crippen LogP contribution in [0.25, 0.3) is 0 Å². The summed E-state index contributed by atoms with van der Waals surface area (Å²) in [6.45, 7) is 6.73. The molecule has 3 heterocycles. The maximum Gasteiger partial charge on any atom is 0.329 e. The van der Waals surface area contributed by atoms with Gasteiger partial charge in [0.1, 0.15) is 29.9 Å². The second-order valence-electron chi connectivity index (χ2n) is 12.3. The molecule has 1 aromatic heterocycles. The van der Waals surface area contributed by atoms with E-state index in [9.17, 15) is 24.3 Å². The Hall–Kier alpha value is -4.55. The van der Waals surface area contributed by atoms with Crippen LogP contribution in [0.15, 0.2) is 70.9 Å². The molecular weight excluding hydrogens is 618 g/mol. The number of hydrogen-bond acceptors (Lipinski definition) is 10. The fourth-order valence-electron chi connectivity index (χ4n) is 5.73. The standard InChI is InChI=1S/C36H45N3O9/c1-23-7-5-15-37-32(42)14-9-24(2)34(25(3)20-46-21-26-10-12-29(45-4)13-11-26)48-36(44)31-8-6-16-39(31)35(43)30-22-47-33(38-30)19-28(41)18-27(40)17-23/h5,7,9-14,17,22,24-25,27,31,34,40H,6,8,15-16,18-21H2,1-4H3,(H,37,42)/b7-5+,14-9+,23-17+. The van der Waals surface area contributed by atoms with Crippen molar-refractivity contribution in [1.29, 1.82) is 0 Å². The van der Waals surface area contributed by atoms with Crippen molar-refractivity contribution in [3.63, 3.8) is 0 Å². The molecule has 0 aliphatic carbocycles. The molecule has 0 radical (unpaired) electrons. The van der Waals surface area contributed by atoms with Crippen molar-refractivity contribution >= 4 is 23.6 Å². The first kappa shape index (κ1) is 36.3. The third kappa shape index (κ3) is 10.5. The van der Waals surface area contributed by atoms with E-state index in [1.54, 1.807) is 38.3 Å². The van der Waals surface area contributed by atoms with Crippen LogP contribution in [-0.4, -0.2) is 83.6 Å². The zero-order valence-corrected chi connectivity index (χ0v) is 27.9. The number of carbonyl (C=O) groups excluding carboxylic acids is 4. The van der Waals surface area contributed by atoms with Gasteiger partial charge in [0.25, 0.3) is 5.91 Å². The van der Waals surface area contributed by atoms with Crippen LogP contribution in [0.5, 0.6) is 5.75 Å². The van der Waals surface area contributed by atoms with E-state index in [0.29, 0.717) is 31.6 Å². The normalized spacial score (nSPS) is 26.4. The molecular formula is C36H45N3O9. The molecule has 2 bridgehead atoms. The first-order valence-corrected chi connectivity index (χ1v) is 16.2. The van der Waals surface area contributed by atoms with Gasteiger partial charge in [-0.3, -0.25) is 14.4 Å². The summed E-state index contributed by atoms with van der Waals surface area (Å²) in [5, 5.41) is 13.1. The van der Waals surface area contributed by atoms with E-state index in [-0.39, 0.29) is 61.1 Å². The number of carbonyl (C=O) groups is 4. The van der Waals surface area contributed by atoms with Gasteiger partial charge >= 0.3 is 5.97 Å². The van der Waals surface area contributed by atoms with Crippen LogP contribution in [-0.2, 0) is 36.9 Å². The Labute approximate surface area is 280 Å². The third-order valence-corrected chi connectivity index (χ3v) is 8.26. The van der Waals surface area contributed by atoms with Gasteiger partial charge < -0.3 is 34.0 Å². The van der Waals surface area contributed by atoms with Crippen LogP contribution < -0.4 is 10.1 Å². The lowest BCUT2D eigenvalue weighted by atomic mass is 9.93. The fourth-order valence-corrected chi connectivity index (χ4v) is 5.73. The molecule has 1 aromatic carbocycles. The highest BCUT2D eigenvalue weighted by Crippen LogP contribution is 2.26. The predicted molar refractivity (Wildman–Crippen MR) is 176 cm³/mol. The highest BCUT2D eigenvalue weighted by atomic mass is 16.5. The van der Waals surface area contributed by atoms with E-state index in [2.05, 4.69) is 10.3 Å². The van der Waals surface area contributed by atoms with Crippen molar-refractivity contribution in [2.24, 2.45) is 11.8 Å². The van der Waals surface area contributed by atoms with Crippen molar-refractivity contribution in [3.05, 3.63) is 83.6 Å². The topological polar surface area (TPSA) is 158 Å². The number of fused-ring (bicyclic) bond motifs is 3. The lowest BCUT2D eigenvalue weighted by molar-refractivity contribution is -0.159. The number of methoxy groups -OCH3 is 1. The van der Waals surface area contributed by atoms with Gasteiger partial charge in [0, 0.05) is 31.3 Å². The van der Waals surface area contributed by atoms with Gasteiger partial charge in [-0.1, -0.05) is 55.9 Å². The molecule has 0 spiro atoms. The van der Waals surface area contributed by atoms with E-state index in [4.69, 9.17) is 18.6 Å². The number of rotatable bonds is 6. The van der Waals surface area contributed by atoms with E-state index in [1.807, 2.05) is 38.1 Å². The molecule has 1 saturated heterocycles. The molecule has 5 atom stereocenters. The van der Waals surface area contributed by atoms with Gasteiger partial charge in [-0.05, 0) is 43.5 Å². The van der Waals surface area contributed by atoms with Crippen molar-refractivity contribution in [3.8, 4) is 5.75 Å². The number of esters is 1. The zero-order valence-electron chi connectivity index (χ0n) is 27.9. The molecule has 0 saturated carbocycles. The number of ketones is 1. The van der Waals surface area contributed by atoms with Gasteiger partial charge in [0.15, 0.2) is 5.69 Å². The molecule has 2 aliphatic rings. The number of cyclic esters (lactones) is 1. The van der Waals surface area contributed by atoms with E-state index in [1.165, 1.54) is 17.2 Å². The summed E-state index contributed by atoms with van der Waals surface area (Å²) in [7, 11) is 1.60. The summed E-state index contributed by atoms with van der Waals surface area (Å²) < 4.78 is 22.7. The summed E-state index contributed by atoms with van der Waals surface area (Å²) in [4.78, 5) is 57.9. The number of Topliss-reactive ketones (excluding diaryl/α,β-unsaturated/α-hetero) is 1. The summed E-state index contributed by atoms with van der Waals surface area (Å²) >= 11 is 0. The molecule has 2 amide bonds. The minimum absolute atomic E-state index is 0.0171. The molecule has 12 nitrogen and oxygen atoms in total. The SMILES string of the molecule is COc1ccc(COCC(C)C2OC(=O)C3CCCN3C(=O)c3coc(n3)CC(=O)CC(O)/C=C(C)/C=C/CNC(=O)/C=C/C2C)cc1. The molecule has 2 aromatic rings. The summed E-state index contributed by atoms with van der Waals surface area (Å²) in [5.41, 5.74) is 1.65. The van der Waals surface area contributed by atoms with Crippen molar-refractivity contribution in [2.45, 2.75) is 71.3 Å². The number of nitrogens with one attached hydrogen (secondary N) is 1. The summed E-state index contributed by atoms with van der Waals surface area (Å²) in [5.74, 6) is -1.55. The Kier molecular flexibility index (Phi) is 13.3. The molecule has 12 heteroatoms. The first-order valence-electron chi connectivity index (χ1n) is 16.2. The number of hydrogen-bond donors (Lipinski definition) is 2. The Bertz CT molecular complexity index is 1510. The van der Waals surface area contributed by atoms with Gasteiger partial charge in [-0.15, -0.1) is 0 Å². The minimum atomic E-state index is -1.03. The monoisotopic (exact) mass is 663 g/mol. The molecule has 2 aliphatic heterocycles. The van der Waals surface area contributed by atoms with Crippen LogP contribution in [0.4, 0.5) is 0 Å². The summed E-state index contributed by atoms with van der Waals surface area (Å²) in [6.07, 6.45) is 8.24. The molecule has 48 heavy (non-hydrogen) atoms. The number of nitrogens with zero attached hydrogens (tertiary/aromatic N) is 2. The van der Waals surface area contributed by atoms with Gasteiger partial charge in [0.2, 0.25) is 11.8 Å². The van der Waals surface area contributed by atoms with Crippen molar-refractivity contribution in [2.75, 3.05) is 26.8 Å². The van der Waals surface area contributed by atoms with Crippen LogP contribution in [0.2, 0.25) is 0 Å². The summed E-state index contributed by atoms with van der Waals surface area (Å²) in [6, 6.07) is 6.69. The Balaban J connectivity index is 1.54. The van der Waals surface area contributed by atoms with E-state index < -0.39 is 30.1 Å². The number of amides is 2. The lowest BCUT2D eigenvalue weighted by Gasteiger charge is -2.31. The van der Waals surface area contributed by atoms with Gasteiger partial charge in [-0.25, -0.2) is 9.78 Å². The Morgan fingerprint density at radius 1 is 1.15 bits per heavy atom. The van der Waals surface area contributed by atoms with Crippen LogP contribution >= 0.6 is 0 Å². The number of aliphatic hydroxyl groups excluding tert-OH is 1. The van der Waals surface area contributed by atoms with Crippen molar-refractivity contribution < 1.29 is 42.9 Å². The maximum atomic E-state index is 13.7. The second-order valence-corrected chi connectivity index (χ2v) is 12.3. The zero-order chi connectivity index (χ0) is 34.6. The molecule has 5 unspecified atom stereocenters. The molecule has 1 fully saturated rings. The van der Waals surface area contributed by atoms with Gasteiger partial charge in [-0.2, -0.15) is 0 Å². The first-order chi connectivity index (χ1) is 23.0. The van der Waals surface area contributed by atoms with Crippen LogP contribution in [0.1, 0.15) is 62.0 Å². The average molecular weight is 664 g/mol. The van der Waals surface area contributed by atoms with Crippen LogP contribution in [0.3, 0.4) is 0 Å². The second kappa shape index (κ2) is 17.6. The Morgan fingerprint density at radius 3 is 2.67 bits per heavy atom. The average Bonchev–Trinajstić information content (AvgIpc) is 3.74. The van der Waals surface area contributed by atoms with E-state index in [0.717, 1.165) is 11.3 Å². The van der Waals surface area contributed by atoms with Crippen LogP contribution in [0, 0.1) is 11.8 Å². The quantitative estimate of drug-likeness (QED) is 0.437. The predicted octanol–water partition coefficient (Wildman–Crippen LogP) is 3.74. The third-order valence-electron chi connectivity index (χ3n) is 8.26. The lowest BCUT2D eigenvalue weighted by Crippen LogP contribution is -2.44. The largest absolute Gasteiger partial charge is 0.497 e. The Morgan fingerprint density at radius 2 is 1.92 bits per heavy atom. The number of aliphatic hydroxyl groups is 1. The fraction of sp³-hybridized carbons (Fsp3) is 0.472. The number of oxazole rings is 1. The number of allylic oxidation sites excluding steroid dienone is 2. The highest BCUT2D eigenvalue weighted by molar-refractivity contribution is 5.95. The molecule has 2 N–H and O–H groups in total. The molecule has 258 valence electrons. The number of ether oxygens (including phenoxy) is 3.